The first-order chi connectivity index (χ1) is 12.6. The predicted molar refractivity (Wildman–Crippen MR) is 88.9 cm³/mol. The molecule has 2 heterocycles. The quantitative estimate of drug-likeness (QED) is 0.722. The molecule has 0 radical (unpaired) electrons. The van der Waals surface area contributed by atoms with Gasteiger partial charge in [-0.1, -0.05) is 12.1 Å². The van der Waals surface area contributed by atoms with Crippen LogP contribution in [0.4, 0.5) is 13.2 Å². The van der Waals surface area contributed by atoms with E-state index in [1.54, 1.807) is 0 Å². The second kappa shape index (κ2) is 6.93. The monoisotopic (exact) mass is 400 g/mol. The summed E-state index contributed by atoms with van der Waals surface area (Å²) in [7, 11) is -3.76. The van der Waals surface area contributed by atoms with E-state index in [1.807, 2.05) is 0 Å². The van der Waals surface area contributed by atoms with E-state index in [-0.39, 0.29) is 29.6 Å². The van der Waals surface area contributed by atoms with E-state index in [0.717, 1.165) is 22.6 Å². The zero-order valence-corrected chi connectivity index (χ0v) is 14.9. The highest BCUT2D eigenvalue weighted by Crippen LogP contribution is 2.31. The number of benzene rings is 1. The van der Waals surface area contributed by atoms with E-state index >= 15 is 0 Å². The van der Waals surface area contributed by atoms with Crippen LogP contribution >= 0.6 is 0 Å². The summed E-state index contributed by atoms with van der Waals surface area (Å²) in [6.07, 6.45) is -4.11. The van der Waals surface area contributed by atoms with Gasteiger partial charge in [0.05, 0.1) is 23.5 Å². The molecular weight excluding hydrogens is 385 g/mol. The van der Waals surface area contributed by atoms with E-state index in [9.17, 15) is 26.4 Å². The minimum Gasteiger partial charge on any atom is -0.472 e. The minimum absolute atomic E-state index is 0.00524. The van der Waals surface area contributed by atoms with Crippen LogP contribution in [0.25, 0.3) is 0 Å². The summed E-state index contributed by atoms with van der Waals surface area (Å²) in [5.74, 6) is -0.386. The van der Waals surface area contributed by atoms with Crippen molar-refractivity contribution in [1.29, 1.82) is 0 Å². The summed E-state index contributed by atoms with van der Waals surface area (Å²) >= 11 is 0. The van der Waals surface area contributed by atoms with Crippen molar-refractivity contribution >= 4 is 15.8 Å². The maximum Gasteiger partial charge on any atom is 0.416 e. The third-order valence-electron chi connectivity index (χ3n) is 4.06. The second-order valence-electron chi connectivity index (χ2n) is 6.02. The minimum atomic E-state index is -4.51. The first-order valence-electron chi connectivity index (χ1n) is 7.88. The van der Waals surface area contributed by atoms with Gasteiger partial charge in [0.1, 0.15) is 6.10 Å². The summed E-state index contributed by atoms with van der Waals surface area (Å²) in [5, 5.41) is 0. The van der Waals surface area contributed by atoms with E-state index in [0.29, 0.717) is 5.56 Å². The second-order valence-corrected chi connectivity index (χ2v) is 7.96. The van der Waals surface area contributed by atoms with Gasteiger partial charge in [-0.3, -0.25) is 4.79 Å². The van der Waals surface area contributed by atoms with Crippen LogP contribution in [0, 0.1) is 0 Å². The largest absolute Gasteiger partial charge is 0.472 e. The van der Waals surface area contributed by atoms with Crippen LogP contribution in [0.1, 0.15) is 22.8 Å². The maximum absolute atomic E-state index is 12.7. The fraction of sp³-hybridized carbons (Fsp3) is 0.294. The molecule has 0 aliphatic carbocycles. The lowest BCUT2D eigenvalue weighted by Crippen LogP contribution is -2.56. The molecule has 2 aromatic rings. The number of ether oxygens (including phenoxy) is 1. The Labute approximate surface area is 153 Å². The molecule has 144 valence electrons. The highest BCUT2D eigenvalue weighted by Gasteiger charge is 2.39. The summed E-state index contributed by atoms with van der Waals surface area (Å²) in [6.45, 7) is 1.37. The average Bonchev–Trinajstić information content (AvgIpc) is 2.57. The van der Waals surface area contributed by atoms with Gasteiger partial charge < -0.3 is 4.74 Å². The first-order valence-corrected chi connectivity index (χ1v) is 9.32. The zero-order chi connectivity index (χ0) is 19.8. The van der Waals surface area contributed by atoms with Gasteiger partial charge in [-0.15, -0.1) is 0 Å². The molecule has 1 fully saturated rings. The van der Waals surface area contributed by atoms with E-state index in [4.69, 9.17) is 4.74 Å². The third-order valence-corrected chi connectivity index (χ3v) is 5.91. The molecule has 10 heteroatoms. The Bertz CT molecular complexity index is 953. The van der Waals surface area contributed by atoms with E-state index in [2.05, 4.69) is 4.98 Å². The van der Waals surface area contributed by atoms with E-state index in [1.165, 1.54) is 31.2 Å². The first kappa shape index (κ1) is 19.3. The Morgan fingerprint density at radius 2 is 1.81 bits per heavy atom. The molecule has 0 atom stereocenters. The highest BCUT2D eigenvalue weighted by atomic mass is 32.2. The number of nitrogens with zero attached hydrogens (tertiary/aromatic N) is 2. The van der Waals surface area contributed by atoms with Crippen LogP contribution in [0.2, 0.25) is 0 Å². The molecule has 27 heavy (non-hydrogen) atoms. The van der Waals surface area contributed by atoms with Crippen molar-refractivity contribution in [1.82, 2.24) is 9.29 Å². The van der Waals surface area contributed by atoms with Gasteiger partial charge in [0.15, 0.2) is 5.78 Å². The SMILES string of the molecule is CC(=O)c1ccc(S(=O)(=O)N2CC(Oc3cc(C(F)(F)F)ccn3)C2)cc1. The number of ketones is 1. The van der Waals surface area contributed by atoms with Gasteiger partial charge in [0.2, 0.25) is 15.9 Å². The number of pyridine rings is 1. The van der Waals surface area contributed by atoms with E-state index < -0.39 is 27.9 Å². The highest BCUT2D eigenvalue weighted by molar-refractivity contribution is 7.89. The van der Waals surface area contributed by atoms with Gasteiger partial charge in [0, 0.05) is 17.8 Å². The molecule has 0 N–H and O–H groups in total. The van der Waals surface area contributed by atoms with Crippen LogP contribution in [0.15, 0.2) is 47.5 Å². The van der Waals surface area contributed by atoms with Gasteiger partial charge >= 0.3 is 6.18 Å². The molecule has 1 aliphatic rings. The lowest BCUT2D eigenvalue weighted by atomic mass is 10.2. The number of hydrogen-bond donors (Lipinski definition) is 0. The summed E-state index contributed by atoms with van der Waals surface area (Å²) < 4.78 is 69.6. The lowest BCUT2D eigenvalue weighted by Gasteiger charge is -2.37. The third kappa shape index (κ3) is 4.11. The van der Waals surface area contributed by atoms with Gasteiger partial charge in [-0.25, -0.2) is 13.4 Å². The summed E-state index contributed by atoms with van der Waals surface area (Å²) in [4.78, 5) is 15.0. The van der Waals surface area contributed by atoms with Crippen LogP contribution in [0.3, 0.4) is 0 Å². The number of sulfonamides is 1. The molecule has 0 amide bonds. The fourth-order valence-corrected chi connectivity index (χ4v) is 4.01. The molecule has 0 bridgehead atoms. The van der Waals surface area contributed by atoms with Crippen LogP contribution in [-0.2, 0) is 16.2 Å². The van der Waals surface area contributed by atoms with Crippen molar-refractivity contribution in [2.45, 2.75) is 24.1 Å². The predicted octanol–water partition coefficient (Wildman–Crippen LogP) is 2.75. The number of carbonyl (C=O) groups is 1. The number of aromatic nitrogens is 1. The maximum atomic E-state index is 12.7. The van der Waals surface area contributed by atoms with Crippen molar-refractivity contribution < 1.29 is 31.1 Å². The zero-order valence-electron chi connectivity index (χ0n) is 14.1. The number of carbonyl (C=O) groups excluding carboxylic acids is 1. The van der Waals surface area contributed by atoms with Crippen molar-refractivity contribution in [2.24, 2.45) is 0 Å². The lowest BCUT2D eigenvalue weighted by molar-refractivity contribution is -0.137. The standard InChI is InChI=1S/C17H15F3N2O4S/c1-11(23)12-2-4-15(5-3-12)27(24,25)22-9-14(10-22)26-16-8-13(6-7-21-16)17(18,19)20/h2-8,14H,9-10H2,1H3. The molecule has 1 saturated heterocycles. The number of Topliss-reactive ketones (excluding diaryl/α,β-unsaturated/α-hetero) is 1. The topological polar surface area (TPSA) is 76.6 Å². The molecule has 0 unspecified atom stereocenters. The van der Waals surface area contributed by atoms with Crippen LogP contribution in [0.5, 0.6) is 5.88 Å². The molecule has 1 aliphatic heterocycles. The van der Waals surface area contributed by atoms with Crippen molar-refractivity contribution in [3.63, 3.8) is 0 Å². The molecule has 6 nitrogen and oxygen atoms in total. The number of alkyl halides is 3. The van der Waals surface area contributed by atoms with Gasteiger partial charge in [-0.05, 0) is 25.1 Å². The number of rotatable bonds is 5. The Hall–Kier alpha value is -2.46. The molecule has 1 aromatic heterocycles. The van der Waals surface area contributed by atoms with Crippen molar-refractivity contribution in [3.8, 4) is 5.88 Å². The van der Waals surface area contributed by atoms with Crippen molar-refractivity contribution in [2.75, 3.05) is 13.1 Å². The fourth-order valence-electron chi connectivity index (χ4n) is 2.50. The van der Waals surface area contributed by atoms with Crippen LogP contribution in [-0.4, -0.2) is 42.7 Å². The van der Waals surface area contributed by atoms with Crippen LogP contribution < -0.4 is 4.74 Å². The molecular formula is C17H15F3N2O4S. The molecule has 0 spiro atoms. The Morgan fingerprint density at radius 3 is 2.37 bits per heavy atom. The molecule has 0 saturated carbocycles. The normalized spacial score (nSPS) is 16.0. The Morgan fingerprint density at radius 1 is 1.19 bits per heavy atom. The smallest absolute Gasteiger partial charge is 0.416 e. The average molecular weight is 400 g/mol. The number of hydrogen-bond acceptors (Lipinski definition) is 5. The summed E-state index contributed by atoms with van der Waals surface area (Å²) in [5.41, 5.74) is -0.490. The molecule has 1 aromatic carbocycles. The Balaban J connectivity index is 1.64. The summed E-state index contributed by atoms with van der Waals surface area (Å²) in [6, 6.07) is 7.14. The van der Waals surface area contributed by atoms with Crippen molar-refractivity contribution in [3.05, 3.63) is 53.7 Å². The number of halogens is 3. The van der Waals surface area contributed by atoms with Gasteiger partial charge in [0.25, 0.3) is 0 Å². The molecule has 3 rings (SSSR count). The van der Waals surface area contributed by atoms with Gasteiger partial charge in [-0.2, -0.15) is 17.5 Å². The Kier molecular flexibility index (Phi) is 4.96.